The van der Waals surface area contributed by atoms with E-state index < -0.39 is 5.97 Å². The molecule has 6 heteroatoms. The molecule has 0 aliphatic rings. The fourth-order valence-electron chi connectivity index (χ4n) is 2.05. The molecular weight excluding hydrogens is 303 g/mol. The van der Waals surface area contributed by atoms with Crippen molar-refractivity contribution >= 4 is 17.3 Å². The maximum Gasteiger partial charge on any atom is 0.308 e. The SMILES string of the molecule is O=C(O)Cc1sc(-c2cccnc2)nc1-c1ccc(F)cc1. The molecule has 0 saturated heterocycles. The molecule has 3 aromatic rings. The second-order valence-corrected chi connectivity index (χ2v) is 5.69. The number of hydrogen-bond acceptors (Lipinski definition) is 4. The van der Waals surface area contributed by atoms with Gasteiger partial charge in [-0.3, -0.25) is 9.78 Å². The largest absolute Gasteiger partial charge is 0.481 e. The summed E-state index contributed by atoms with van der Waals surface area (Å²) in [4.78, 5) is 20.3. The Kier molecular flexibility index (Phi) is 3.93. The van der Waals surface area contributed by atoms with Crippen LogP contribution in [0.5, 0.6) is 0 Å². The van der Waals surface area contributed by atoms with Gasteiger partial charge >= 0.3 is 5.97 Å². The van der Waals surface area contributed by atoms with Crippen molar-refractivity contribution in [3.8, 4) is 21.8 Å². The summed E-state index contributed by atoms with van der Waals surface area (Å²) < 4.78 is 13.1. The van der Waals surface area contributed by atoms with E-state index in [0.717, 1.165) is 5.56 Å². The van der Waals surface area contributed by atoms with E-state index in [2.05, 4.69) is 9.97 Å². The van der Waals surface area contributed by atoms with Gasteiger partial charge in [0.15, 0.2) is 0 Å². The summed E-state index contributed by atoms with van der Waals surface area (Å²) in [5.41, 5.74) is 2.10. The predicted octanol–water partition coefficient (Wildman–Crippen LogP) is 3.64. The number of carboxylic acids is 1. The summed E-state index contributed by atoms with van der Waals surface area (Å²) in [5, 5.41) is 9.77. The monoisotopic (exact) mass is 314 g/mol. The van der Waals surface area contributed by atoms with Gasteiger partial charge in [0.2, 0.25) is 0 Å². The molecule has 2 heterocycles. The number of carbonyl (C=O) groups is 1. The fraction of sp³-hybridized carbons (Fsp3) is 0.0625. The van der Waals surface area contributed by atoms with Crippen LogP contribution in [0.1, 0.15) is 4.88 Å². The molecule has 0 aliphatic carbocycles. The normalized spacial score (nSPS) is 10.6. The van der Waals surface area contributed by atoms with Crippen LogP contribution in [0, 0.1) is 5.82 Å². The predicted molar refractivity (Wildman–Crippen MR) is 82.1 cm³/mol. The van der Waals surface area contributed by atoms with Crippen LogP contribution in [0.2, 0.25) is 0 Å². The molecule has 0 bridgehead atoms. The van der Waals surface area contributed by atoms with Crippen LogP contribution >= 0.6 is 11.3 Å². The minimum absolute atomic E-state index is 0.120. The first-order valence-electron chi connectivity index (χ1n) is 6.51. The first kappa shape index (κ1) is 14.3. The lowest BCUT2D eigenvalue weighted by atomic mass is 10.1. The quantitative estimate of drug-likeness (QED) is 0.798. The summed E-state index contributed by atoms with van der Waals surface area (Å²) in [6, 6.07) is 9.54. The number of pyridine rings is 1. The van der Waals surface area contributed by atoms with E-state index in [1.807, 2.05) is 6.07 Å². The van der Waals surface area contributed by atoms with E-state index in [1.165, 1.54) is 23.5 Å². The number of aromatic nitrogens is 2. The van der Waals surface area contributed by atoms with Gasteiger partial charge in [-0.1, -0.05) is 0 Å². The van der Waals surface area contributed by atoms with Crippen molar-refractivity contribution in [2.45, 2.75) is 6.42 Å². The summed E-state index contributed by atoms with van der Waals surface area (Å²) in [6.07, 6.45) is 3.22. The zero-order chi connectivity index (χ0) is 15.5. The van der Waals surface area contributed by atoms with E-state index >= 15 is 0 Å². The van der Waals surface area contributed by atoms with Gasteiger partial charge in [-0.2, -0.15) is 0 Å². The second-order valence-electron chi connectivity index (χ2n) is 4.61. The van der Waals surface area contributed by atoms with Crippen molar-refractivity contribution in [1.29, 1.82) is 0 Å². The van der Waals surface area contributed by atoms with E-state index in [1.54, 1.807) is 30.6 Å². The lowest BCUT2D eigenvalue weighted by Crippen LogP contribution is -1.99. The Labute approximate surface area is 129 Å². The molecule has 0 aliphatic heterocycles. The van der Waals surface area contributed by atoms with Crippen LogP contribution < -0.4 is 0 Å². The molecule has 0 unspecified atom stereocenters. The number of nitrogens with zero attached hydrogens (tertiary/aromatic N) is 2. The van der Waals surface area contributed by atoms with Crippen LogP contribution in [0.25, 0.3) is 21.8 Å². The molecule has 0 radical (unpaired) electrons. The van der Waals surface area contributed by atoms with Gasteiger partial charge in [-0.15, -0.1) is 11.3 Å². The summed E-state index contributed by atoms with van der Waals surface area (Å²) in [6.45, 7) is 0. The van der Waals surface area contributed by atoms with Gasteiger partial charge in [-0.05, 0) is 36.4 Å². The third-order valence-corrected chi connectivity index (χ3v) is 4.14. The van der Waals surface area contributed by atoms with Gasteiger partial charge in [-0.25, -0.2) is 9.37 Å². The van der Waals surface area contributed by atoms with Crippen LogP contribution in [0.4, 0.5) is 4.39 Å². The molecule has 2 aromatic heterocycles. The van der Waals surface area contributed by atoms with Crippen molar-refractivity contribution in [1.82, 2.24) is 9.97 Å². The number of benzene rings is 1. The molecule has 1 N–H and O–H groups in total. The summed E-state index contributed by atoms with van der Waals surface area (Å²) in [7, 11) is 0. The number of halogens is 1. The average Bonchev–Trinajstić information content (AvgIpc) is 2.92. The Bertz CT molecular complexity index is 801. The topological polar surface area (TPSA) is 63.1 Å². The highest BCUT2D eigenvalue weighted by atomic mass is 32.1. The molecule has 3 rings (SSSR count). The molecule has 0 fully saturated rings. The standard InChI is InChI=1S/C16H11FN2O2S/c17-12-5-3-10(4-6-12)15-13(8-14(20)21)22-16(19-15)11-2-1-7-18-9-11/h1-7,9H,8H2,(H,20,21). The van der Waals surface area contributed by atoms with Gasteiger partial charge in [0.1, 0.15) is 10.8 Å². The Morgan fingerprint density at radius 1 is 1.18 bits per heavy atom. The van der Waals surface area contributed by atoms with E-state index in [0.29, 0.717) is 21.1 Å². The molecule has 0 spiro atoms. The first-order chi connectivity index (χ1) is 10.6. The molecule has 22 heavy (non-hydrogen) atoms. The van der Waals surface area contributed by atoms with Crippen molar-refractivity contribution in [2.24, 2.45) is 0 Å². The zero-order valence-electron chi connectivity index (χ0n) is 11.4. The molecule has 110 valence electrons. The third kappa shape index (κ3) is 3.01. The molecule has 0 atom stereocenters. The van der Waals surface area contributed by atoms with Crippen molar-refractivity contribution < 1.29 is 14.3 Å². The highest BCUT2D eigenvalue weighted by Gasteiger charge is 2.16. The third-order valence-electron chi connectivity index (χ3n) is 3.04. The second kappa shape index (κ2) is 6.03. The molecule has 0 amide bonds. The number of thiazole rings is 1. The maximum absolute atomic E-state index is 13.1. The van der Waals surface area contributed by atoms with E-state index in [4.69, 9.17) is 5.11 Å². The highest BCUT2D eigenvalue weighted by Crippen LogP contribution is 2.34. The van der Waals surface area contributed by atoms with Gasteiger partial charge < -0.3 is 5.11 Å². The molecule has 1 aromatic carbocycles. The number of aliphatic carboxylic acids is 1. The fourth-order valence-corrected chi connectivity index (χ4v) is 3.12. The maximum atomic E-state index is 13.1. The Hall–Kier alpha value is -2.60. The van der Waals surface area contributed by atoms with Gasteiger partial charge in [0.25, 0.3) is 0 Å². The summed E-state index contributed by atoms with van der Waals surface area (Å²) in [5.74, 6) is -1.27. The number of hydrogen-bond donors (Lipinski definition) is 1. The van der Waals surface area contributed by atoms with Crippen LogP contribution in [0.3, 0.4) is 0 Å². The average molecular weight is 314 g/mol. The molecule has 0 saturated carbocycles. The lowest BCUT2D eigenvalue weighted by Gasteiger charge is -2.00. The zero-order valence-corrected chi connectivity index (χ0v) is 12.2. The molecular formula is C16H11FN2O2S. The van der Waals surface area contributed by atoms with E-state index in [-0.39, 0.29) is 12.2 Å². The van der Waals surface area contributed by atoms with Crippen molar-refractivity contribution in [3.63, 3.8) is 0 Å². The van der Waals surface area contributed by atoms with Crippen molar-refractivity contribution in [2.75, 3.05) is 0 Å². The lowest BCUT2D eigenvalue weighted by molar-refractivity contribution is -0.136. The van der Waals surface area contributed by atoms with Crippen LogP contribution in [0.15, 0.2) is 48.8 Å². The van der Waals surface area contributed by atoms with Gasteiger partial charge in [0.05, 0.1) is 12.1 Å². The smallest absolute Gasteiger partial charge is 0.308 e. The minimum Gasteiger partial charge on any atom is -0.481 e. The van der Waals surface area contributed by atoms with E-state index in [9.17, 15) is 9.18 Å². The Morgan fingerprint density at radius 3 is 2.59 bits per heavy atom. The van der Waals surface area contributed by atoms with Gasteiger partial charge in [0, 0.05) is 28.4 Å². The minimum atomic E-state index is -0.926. The summed E-state index contributed by atoms with van der Waals surface area (Å²) >= 11 is 1.31. The number of rotatable bonds is 4. The van der Waals surface area contributed by atoms with Crippen LogP contribution in [-0.4, -0.2) is 21.0 Å². The Balaban J connectivity index is 2.09. The highest BCUT2D eigenvalue weighted by molar-refractivity contribution is 7.15. The van der Waals surface area contributed by atoms with Crippen molar-refractivity contribution in [3.05, 3.63) is 59.5 Å². The molecule has 4 nitrogen and oxygen atoms in total. The van der Waals surface area contributed by atoms with Crippen LogP contribution in [-0.2, 0) is 11.2 Å². The Morgan fingerprint density at radius 2 is 1.95 bits per heavy atom. The number of carboxylic acid groups (broad SMARTS) is 1. The first-order valence-corrected chi connectivity index (χ1v) is 7.33.